The molecule has 1 aromatic carbocycles. The molecule has 8 amide bonds. The van der Waals surface area contributed by atoms with Crippen LogP contribution in [-0.2, 0) is 49.6 Å². The van der Waals surface area contributed by atoms with Crippen LogP contribution in [0.4, 0.5) is 0 Å². The largest absolute Gasteiger partial charge is 0.480 e. The van der Waals surface area contributed by atoms with Gasteiger partial charge in [-0.3, -0.25) is 49.2 Å². The van der Waals surface area contributed by atoms with Crippen LogP contribution in [0.3, 0.4) is 0 Å². The second-order valence-electron chi connectivity index (χ2n) is 15.6. The Labute approximate surface area is 385 Å². The van der Waals surface area contributed by atoms with Crippen molar-refractivity contribution < 1.29 is 53.4 Å². The number of rotatable bonds is 29. The molecule has 0 bridgehead atoms. The molecule has 1 heterocycles. The summed E-state index contributed by atoms with van der Waals surface area (Å²) < 4.78 is 0. The van der Waals surface area contributed by atoms with Crippen molar-refractivity contribution in [2.45, 2.75) is 114 Å². The fraction of sp³-hybridized carbons (Fsp3) is 0.525. The molecule has 0 aliphatic carbocycles. The van der Waals surface area contributed by atoms with Gasteiger partial charge in [0.25, 0.3) is 0 Å². The van der Waals surface area contributed by atoms with Crippen LogP contribution in [0, 0.1) is 10.8 Å². The summed E-state index contributed by atoms with van der Waals surface area (Å²) in [5, 5.41) is 57.2. The monoisotopic (exact) mass is 944 g/mol. The highest BCUT2D eigenvalue weighted by molar-refractivity contribution is 5.97. The van der Waals surface area contributed by atoms with Gasteiger partial charge in [0, 0.05) is 43.0 Å². The number of aromatic nitrogens is 1. The van der Waals surface area contributed by atoms with Gasteiger partial charge < -0.3 is 86.0 Å². The van der Waals surface area contributed by atoms with Crippen molar-refractivity contribution >= 4 is 76.0 Å². The Hall–Kier alpha value is -7.55. The first kappa shape index (κ1) is 55.6. The van der Waals surface area contributed by atoms with E-state index in [0.717, 1.165) is 10.9 Å². The fourth-order valence-electron chi connectivity index (χ4n) is 6.27. The van der Waals surface area contributed by atoms with E-state index in [1.807, 2.05) is 0 Å². The number of H-pyrrole nitrogens is 1. The molecule has 8 atom stereocenters. The molecule has 0 saturated heterocycles. The quantitative estimate of drug-likeness (QED) is 0.0205. The predicted molar refractivity (Wildman–Crippen MR) is 242 cm³/mol. The standard InChI is InChI=1S/C40H64N16O11/c1-19(41)31(59)52-26(11-7-15-48-40(45)46)35(63)54-27(12-13-30(42)58)36(64)53-25(10-6-14-47-39(43)44)34(62)50-21(3)33(61)56-29(18-57)37(65)51-20(2)32(60)55-28(38(66)67)16-22-17-49-24-9-5-4-8-23(22)24/h4-5,8-9,17,19-21,25-29,49,57H,6-7,10-16,18,41H2,1-3H3,(H2,42,58)(H,50,62)(H,51,65)(H,52,59)(H,53,64)(H,54,63)(H,55,60)(H,56,61)(H,66,67)(H4,43,44,47)(H4,45,46,48)/t19-,20-,21-,25-,26-,27-,28-,29-/m0/s1. The van der Waals surface area contributed by atoms with Gasteiger partial charge in [0.15, 0.2) is 11.9 Å². The van der Waals surface area contributed by atoms with Crippen molar-refractivity contribution in [1.82, 2.24) is 52.8 Å². The zero-order valence-corrected chi connectivity index (χ0v) is 37.5. The van der Waals surface area contributed by atoms with Crippen LogP contribution in [-0.4, -0.2) is 148 Å². The minimum absolute atomic E-state index is 0.00363. The molecular weight excluding hydrogens is 881 g/mol. The van der Waals surface area contributed by atoms with Crippen molar-refractivity contribution in [3.05, 3.63) is 36.0 Å². The van der Waals surface area contributed by atoms with E-state index in [-0.39, 0.29) is 63.5 Å². The maximum absolute atomic E-state index is 13.8. The molecular formula is C40H64N16O11. The average molecular weight is 945 g/mol. The molecule has 0 aliphatic rings. The minimum atomic E-state index is -1.65. The molecule has 0 saturated carbocycles. The highest BCUT2D eigenvalue weighted by Crippen LogP contribution is 2.19. The fourth-order valence-corrected chi connectivity index (χ4v) is 6.27. The summed E-state index contributed by atoms with van der Waals surface area (Å²) in [6, 6.07) is -3.83. The number of guanidine groups is 2. The van der Waals surface area contributed by atoms with Gasteiger partial charge in [0.05, 0.1) is 12.6 Å². The Kier molecular flexibility index (Phi) is 23.0. The molecule has 2 aromatic rings. The van der Waals surface area contributed by atoms with Gasteiger partial charge >= 0.3 is 5.97 Å². The van der Waals surface area contributed by atoms with E-state index < -0.39 is 115 Å². The van der Waals surface area contributed by atoms with Crippen LogP contribution in [0.2, 0.25) is 0 Å². The van der Waals surface area contributed by atoms with Crippen LogP contribution in [0.25, 0.3) is 10.9 Å². The summed E-state index contributed by atoms with van der Waals surface area (Å²) in [5.41, 5.74) is 23.1. The van der Waals surface area contributed by atoms with E-state index in [1.54, 1.807) is 30.5 Å². The van der Waals surface area contributed by atoms with E-state index >= 15 is 0 Å². The zero-order valence-electron chi connectivity index (χ0n) is 37.5. The number of benzene rings is 1. The number of hydrogen-bond donors (Lipinski definition) is 18. The first-order chi connectivity index (χ1) is 31.5. The summed E-state index contributed by atoms with van der Waals surface area (Å²) in [4.78, 5) is 120. The number of carbonyl (C=O) groups is 9. The van der Waals surface area contributed by atoms with Crippen LogP contribution < -0.4 is 70.8 Å². The number of primary amides is 1. The number of amides is 8. The van der Waals surface area contributed by atoms with E-state index in [2.05, 4.69) is 52.8 Å². The topological polar surface area (TPSA) is 470 Å². The third-order valence-corrected chi connectivity index (χ3v) is 10.00. The number of carbonyl (C=O) groups excluding carboxylic acids is 8. The Morgan fingerprint density at radius 3 is 1.51 bits per heavy atom. The number of aliphatic hydroxyl groups excluding tert-OH is 1. The van der Waals surface area contributed by atoms with Crippen LogP contribution >= 0.6 is 0 Å². The smallest absolute Gasteiger partial charge is 0.326 e. The van der Waals surface area contributed by atoms with Gasteiger partial charge in [-0.2, -0.15) is 0 Å². The maximum Gasteiger partial charge on any atom is 0.326 e. The number of aliphatic carboxylic acids is 1. The van der Waals surface area contributed by atoms with Crippen molar-refractivity contribution in [3.8, 4) is 0 Å². The molecule has 0 fully saturated rings. The van der Waals surface area contributed by atoms with Gasteiger partial charge in [-0.25, -0.2) is 4.79 Å². The highest BCUT2D eigenvalue weighted by atomic mass is 16.4. The third-order valence-electron chi connectivity index (χ3n) is 10.00. The Morgan fingerprint density at radius 1 is 0.612 bits per heavy atom. The summed E-state index contributed by atoms with van der Waals surface area (Å²) >= 11 is 0. The number of aliphatic hydroxyl groups is 1. The van der Waals surface area contributed by atoms with E-state index in [1.165, 1.54) is 20.8 Å². The lowest BCUT2D eigenvalue weighted by Gasteiger charge is -2.26. The number of aromatic amines is 1. The molecule has 67 heavy (non-hydrogen) atoms. The Bertz CT molecular complexity index is 2100. The van der Waals surface area contributed by atoms with Crippen LogP contribution in [0.5, 0.6) is 0 Å². The Morgan fingerprint density at radius 2 is 1.04 bits per heavy atom. The molecule has 2 rings (SSSR count). The second-order valence-corrected chi connectivity index (χ2v) is 15.6. The average Bonchev–Trinajstić information content (AvgIpc) is 3.67. The predicted octanol–water partition coefficient (Wildman–Crippen LogP) is -5.64. The lowest BCUT2D eigenvalue weighted by atomic mass is 10.0. The van der Waals surface area contributed by atoms with Gasteiger partial charge in [0.2, 0.25) is 47.3 Å². The molecule has 0 aliphatic heterocycles. The normalized spacial score (nSPS) is 14.5. The Balaban J connectivity index is 2.17. The number of nitrogens with two attached hydrogens (primary N) is 4. The summed E-state index contributed by atoms with van der Waals surface area (Å²) in [5.74, 6) is -9.22. The first-order valence-electron chi connectivity index (χ1n) is 21.2. The molecule has 0 spiro atoms. The van der Waals surface area contributed by atoms with Crippen molar-refractivity contribution in [2.24, 2.45) is 22.9 Å². The van der Waals surface area contributed by atoms with Crippen molar-refractivity contribution in [3.63, 3.8) is 0 Å². The van der Waals surface area contributed by atoms with Crippen molar-refractivity contribution in [1.29, 1.82) is 10.8 Å². The van der Waals surface area contributed by atoms with E-state index in [9.17, 15) is 53.4 Å². The second kappa shape index (κ2) is 27.7. The summed E-state index contributed by atoms with van der Waals surface area (Å²) in [7, 11) is 0. The highest BCUT2D eigenvalue weighted by Gasteiger charge is 2.33. The third kappa shape index (κ3) is 19.6. The molecule has 0 radical (unpaired) electrons. The molecule has 22 N–H and O–H groups in total. The number of nitrogens with one attached hydrogen (secondary N) is 12. The van der Waals surface area contributed by atoms with E-state index in [0.29, 0.717) is 5.56 Å². The minimum Gasteiger partial charge on any atom is -0.480 e. The number of hydrogen-bond acceptors (Lipinski definition) is 13. The molecule has 0 unspecified atom stereocenters. The molecule has 27 nitrogen and oxygen atoms in total. The van der Waals surface area contributed by atoms with Gasteiger partial charge in [0.1, 0.15) is 42.3 Å². The lowest BCUT2D eigenvalue weighted by Crippen LogP contribution is -2.60. The summed E-state index contributed by atoms with van der Waals surface area (Å²) in [6.45, 7) is 3.13. The SMILES string of the molecule is C[C@H](N)C(=O)N[C@@H](CCCNC(=N)N)C(=O)N[C@@H](CCC(N)=O)C(=O)N[C@@H](CCCNC(=N)N)C(=O)N[C@@H](C)C(=O)N[C@@H](CO)C(=O)N[C@@H](C)C(=O)N[C@@H](Cc1c[nH]c2ccccc12)C(=O)O. The first-order valence-corrected chi connectivity index (χ1v) is 21.2. The van der Waals surface area contributed by atoms with E-state index in [4.69, 9.17) is 33.8 Å². The molecule has 1 aromatic heterocycles. The van der Waals surface area contributed by atoms with Crippen molar-refractivity contribution in [2.75, 3.05) is 19.7 Å². The molecule has 27 heteroatoms. The zero-order chi connectivity index (χ0) is 50.4. The van der Waals surface area contributed by atoms with Gasteiger partial charge in [-0.05, 0) is 64.5 Å². The number of carboxylic acid groups (broad SMARTS) is 1. The van der Waals surface area contributed by atoms with Gasteiger partial charge in [-0.1, -0.05) is 18.2 Å². The van der Waals surface area contributed by atoms with Gasteiger partial charge in [-0.15, -0.1) is 0 Å². The number of para-hydroxylation sites is 1. The maximum atomic E-state index is 13.8. The summed E-state index contributed by atoms with van der Waals surface area (Å²) in [6.07, 6.45) is 0.997. The number of fused-ring (bicyclic) bond motifs is 1. The molecule has 370 valence electrons. The lowest BCUT2D eigenvalue weighted by molar-refractivity contribution is -0.142. The van der Waals surface area contributed by atoms with Crippen LogP contribution in [0.15, 0.2) is 30.5 Å². The van der Waals surface area contributed by atoms with Crippen LogP contribution in [0.1, 0.15) is 64.9 Å². The number of carboxylic acids is 1.